The fourth-order valence-electron chi connectivity index (χ4n) is 1.81. The Morgan fingerprint density at radius 1 is 1.44 bits per heavy atom. The summed E-state index contributed by atoms with van der Waals surface area (Å²) in [6.45, 7) is 4.69. The lowest BCUT2D eigenvalue weighted by molar-refractivity contribution is 0.473. The second kappa shape index (κ2) is 5.64. The lowest BCUT2D eigenvalue weighted by atomic mass is 10.0. The minimum absolute atomic E-state index is 0.142. The molecule has 0 radical (unpaired) electrons. The molecule has 0 heterocycles. The number of halogens is 2. The minimum Gasteiger partial charge on any atom is -0.368 e. The normalized spacial score (nSPS) is 12.9. The van der Waals surface area contributed by atoms with Gasteiger partial charge in [-0.25, -0.2) is 4.39 Å². The van der Waals surface area contributed by atoms with Crippen LogP contribution < -0.4 is 10.6 Å². The van der Waals surface area contributed by atoms with Crippen LogP contribution in [0.25, 0.3) is 0 Å². The summed E-state index contributed by atoms with van der Waals surface area (Å²) in [6, 6.07) is 5.08. The van der Waals surface area contributed by atoms with Gasteiger partial charge < -0.3 is 10.6 Å². The van der Waals surface area contributed by atoms with Gasteiger partial charge in [-0.2, -0.15) is 0 Å². The second-order valence-electron chi connectivity index (χ2n) is 4.25. The maximum Gasteiger partial charge on any atom is 0.146 e. The van der Waals surface area contributed by atoms with Crippen LogP contribution >= 0.6 is 15.9 Å². The second-order valence-corrected chi connectivity index (χ2v) is 5.17. The van der Waals surface area contributed by atoms with Crippen molar-refractivity contribution in [2.24, 2.45) is 11.7 Å². The largest absolute Gasteiger partial charge is 0.368 e. The van der Waals surface area contributed by atoms with Gasteiger partial charge >= 0.3 is 0 Å². The Morgan fingerprint density at radius 2 is 2.06 bits per heavy atom. The van der Waals surface area contributed by atoms with Crippen molar-refractivity contribution in [3.05, 3.63) is 28.5 Å². The summed E-state index contributed by atoms with van der Waals surface area (Å²) in [5.74, 6) is 0.165. The van der Waals surface area contributed by atoms with Crippen molar-refractivity contribution >= 4 is 21.6 Å². The Labute approximate surface area is 105 Å². The van der Waals surface area contributed by atoms with E-state index in [-0.39, 0.29) is 11.9 Å². The van der Waals surface area contributed by atoms with Gasteiger partial charge in [0.2, 0.25) is 0 Å². The van der Waals surface area contributed by atoms with Gasteiger partial charge in [-0.3, -0.25) is 0 Å². The molecule has 16 heavy (non-hydrogen) atoms. The lowest BCUT2D eigenvalue weighted by Crippen LogP contribution is -2.42. The number of likely N-dealkylation sites (N-methyl/N-ethyl adjacent to an activating group) is 1. The van der Waals surface area contributed by atoms with Gasteiger partial charge in [-0.05, 0) is 24.1 Å². The Kier molecular flexibility index (Phi) is 4.74. The fourth-order valence-corrected chi connectivity index (χ4v) is 2.16. The molecule has 0 aliphatic carbocycles. The van der Waals surface area contributed by atoms with Crippen molar-refractivity contribution in [1.82, 2.24) is 0 Å². The predicted octanol–water partition coefficient (Wildman–Crippen LogP) is 3.01. The number of nitrogens with zero attached hydrogens (tertiary/aromatic N) is 1. The highest BCUT2D eigenvalue weighted by molar-refractivity contribution is 9.10. The molecule has 0 aromatic heterocycles. The summed E-state index contributed by atoms with van der Waals surface area (Å²) in [7, 11) is 1.88. The molecule has 2 nitrogen and oxygen atoms in total. The summed E-state index contributed by atoms with van der Waals surface area (Å²) in [5, 5.41) is 0. The van der Waals surface area contributed by atoms with Crippen LogP contribution in [-0.4, -0.2) is 19.6 Å². The van der Waals surface area contributed by atoms with E-state index in [4.69, 9.17) is 5.73 Å². The first-order chi connectivity index (χ1) is 7.47. The Morgan fingerprint density at radius 3 is 2.56 bits per heavy atom. The molecule has 1 atom stereocenters. The van der Waals surface area contributed by atoms with Crippen molar-refractivity contribution in [2.75, 3.05) is 18.5 Å². The van der Waals surface area contributed by atoms with E-state index in [0.717, 1.165) is 4.47 Å². The van der Waals surface area contributed by atoms with Gasteiger partial charge in [0.05, 0.1) is 5.69 Å². The molecule has 0 saturated heterocycles. The molecular weight excluding hydrogens is 271 g/mol. The number of benzene rings is 1. The molecule has 0 bridgehead atoms. The maximum atomic E-state index is 13.7. The van der Waals surface area contributed by atoms with E-state index in [2.05, 4.69) is 29.8 Å². The predicted molar refractivity (Wildman–Crippen MR) is 70.2 cm³/mol. The number of hydrogen-bond acceptors (Lipinski definition) is 2. The zero-order chi connectivity index (χ0) is 12.3. The molecule has 1 rings (SSSR count). The maximum absolute atomic E-state index is 13.7. The molecule has 0 amide bonds. The van der Waals surface area contributed by atoms with Gasteiger partial charge in [0.15, 0.2) is 0 Å². The molecule has 1 aromatic rings. The van der Waals surface area contributed by atoms with E-state index >= 15 is 0 Å². The molecule has 0 saturated carbocycles. The van der Waals surface area contributed by atoms with Crippen LogP contribution in [0.5, 0.6) is 0 Å². The molecule has 0 aliphatic rings. The lowest BCUT2D eigenvalue weighted by Gasteiger charge is -2.32. The van der Waals surface area contributed by atoms with Crippen LogP contribution in [0.1, 0.15) is 13.8 Å². The van der Waals surface area contributed by atoms with Crippen molar-refractivity contribution in [3.8, 4) is 0 Å². The molecular formula is C12H18BrFN2. The van der Waals surface area contributed by atoms with Crippen LogP contribution in [-0.2, 0) is 0 Å². The quantitative estimate of drug-likeness (QED) is 0.923. The Balaban J connectivity index is 3.02. The summed E-state index contributed by atoms with van der Waals surface area (Å²) in [4.78, 5) is 1.91. The van der Waals surface area contributed by atoms with Gasteiger partial charge in [0.1, 0.15) is 5.82 Å². The molecule has 0 aliphatic heterocycles. The molecule has 4 heteroatoms. The van der Waals surface area contributed by atoms with Crippen molar-refractivity contribution in [2.45, 2.75) is 19.9 Å². The Hall–Kier alpha value is -0.610. The molecule has 90 valence electrons. The summed E-state index contributed by atoms with van der Waals surface area (Å²) in [5.41, 5.74) is 6.31. The van der Waals surface area contributed by atoms with E-state index in [1.807, 2.05) is 11.9 Å². The van der Waals surface area contributed by atoms with Crippen LogP contribution in [0, 0.1) is 11.7 Å². The van der Waals surface area contributed by atoms with Crippen molar-refractivity contribution in [1.29, 1.82) is 0 Å². The third-order valence-corrected chi connectivity index (χ3v) is 3.29. The van der Waals surface area contributed by atoms with Crippen LogP contribution in [0.4, 0.5) is 10.1 Å². The third kappa shape index (κ3) is 2.95. The van der Waals surface area contributed by atoms with Crippen molar-refractivity contribution < 1.29 is 4.39 Å². The number of hydrogen-bond donors (Lipinski definition) is 1. The summed E-state index contributed by atoms with van der Waals surface area (Å²) in [6.07, 6.45) is 0. The first kappa shape index (κ1) is 13.5. The zero-order valence-electron chi connectivity index (χ0n) is 9.87. The monoisotopic (exact) mass is 288 g/mol. The molecule has 1 unspecified atom stereocenters. The number of rotatable bonds is 4. The summed E-state index contributed by atoms with van der Waals surface area (Å²) < 4.78 is 14.5. The third-order valence-electron chi connectivity index (χ3n) is 2.80. The average molecular weight is 289 g/mol. The number of nitrogens with two attached hydrogens (primary N) is 1. The molecule has 2 N–H and O–H groups in total. The topological polar surface area (TPSA) is 29.3 Å². The zero-order valence-corrected chi connectivity index (χ0v) is 11.5. The van der Waals surface area contributed by atoms with E-state index in [1.165, 1.54) is 6.07 Å². The van der Waals surface area contributed by atoms with Gasteiger partial charge in [-0.15, -0.1) is 0 Å². The first-order valence-electron chi connectivity index (χ1n) is 5.35. The minimum atomic E-state index is -0.218. The summed E-state index contributed by atoms with van der Waals surface area (Å²) >= 11 is 3.35. The molecule has 1 aromatic carbocycles. The number of anilines is 1. The Bertz CT molecular complexity index is 355. The highest BCUT2D eigenvalue weighted by atomic mass is 79.9. The smallest absolute Gasteiger partial charge is 0.146 e. The van der Waals surface area contributed by atoms with E-state index in [1.54, 1.807) is 12.1 Å². The molecule has 0 spiro atoms. The standard InChI is InChI=1S/C12H18BrFN2/c1-8(2)12(7-15)16(3)11-6-9(13)4-5-10(11)14/h4-6,8,12H,7,15H2,1-3H3. The van der Waals surface area contributed by atoms with E-state index in [9.17, 15) is 4.39 Å². The van der Waals surface area contributed by atoms with Crippen LogP contribution in [0.3, 0.4) is 0 Å². The van der Waals surface area contributed by atoms with Crippen molar-refractivity contribution in [3.63, 3.8) is 0 Å². The molecule has 0 fully saturated rings. The van der Waals surface area contributed by atoms with Gasteiger partial charge in [0, 0.05) is 24.1 Å². The van der Waals surface area contributed by atoms with Gasteiger partial charge in [0.25, 0.3) is 0 Å². The highest BCUT2D eigenvalue weighted by Crippen LogP contribution is 2.25. The van der Waals surface area contributed by atoms with Gasteiger partial charge in [-0.1, -0.05) is 29.8 Å². The van der Waals surface area contributed by atoms with Crippen LogP contribution in [0.2, 0.25) is 0 Å². The van der Waals surface area contributed by atoms with E-state index in [0.29, 0.717) is 18.2 Å². The SMILES string of the molecule is CC(C)C(CN)N(C)c1cc(Br)ccc1F. The fraction of sp³-hybridized carbons (Fsp3) is 0.500. The van der Waals surface area contributed by atoms with E-state index < -0.39 is 0 Å². The first-order valence-corrected chi connectivity index (χ1v) is 6.14. The van der Waals surface area contributed by atoms with Crippen LogP contribution in [0.15, 0.2) is 22.7 Å². The average Bonchev–Trinajstić information content (AvgIpc) is 2.22. The highest BCUT2D eigenvalue weighted by Gasteiger charge is 2.19.